The first-order chi connectivity index (χ1) is 7.40. The Morgan fingerprint density at radius 1 is 1.62 bits per heavy atom. The number of nitrogens with zero attached hydrogens (tertiary/aromatic N) is 2. The largest absolute Gasteiger partial charge is 0.322 e. The van der Waals surface area contributed by atoms with E-state index in [9.17, 15) is 13.6 Å². The molecule has 1 aromatic heterocycles. The van der Waals surface area contributed by atoms with Gasteiger partial charge in [0, 0.05) is 26.1 Å². The van der Waals surface area contributed by atoms with Gasteiger partial charge in [-0.25, -0.2) is 0 Å². The second kappa shape index (κ2) is 5.21. The second-order valence-electron chi connectivity index (χ2n) is 3.28. The molecule has 0 aliphatic rings. The molecule has 0 bridgehead atoms. The van der Waals surface area contributed by atoms with Crippen LogP contribution in [0.5, 0.6) is 0 Å². The van der Waals surface area contributed by atoms with Gasteiger partial charge in [-0.15, -0.1) is 0 Å². The van der Waals surface area contributed by atoms with E-state index >= 15 is 0 Å². The number of hydrogen-bond acceptors (Lipinski definition) is 2. The van der Waals surface area contributed by atoms with Crippen LogP contribution in [0.1, 0.15) is 12.8 Å². The van der Waals surface area contributed by atoms with Gasteiger partial charge in [0.1, 0.15) is 0 Å². The van der Waals surface area contributed by atoms with Gasteiger partial charge in [-0.05, 0) is 23.7 Å². The van der Waals surface area contributed by atoms with E-state index in [0.29, 0.717) is 5.69 Å². The van der Waals surface area contributed by atoms with Crippen LogP contribution in [0.15, 0.2) is 24.5 Å². The number of alkyl halides is 3. The van der Waals surface area contributed by atoms with E-state index in [-0.39, 0.29) is 6.42 Å². The Morgan fingerprint density at radius 2 is 2.31 bits per heavy atom. The third kappa shape index (κ3) is 4.10. The number of amides is 1. The summed E-state index contributed by atoms with van der Waals surface area (Å²) in [6.07, 6.45) is 2.07. The lowest BCUT2D eigenvalue weighted by Crippen LogP contribution is -2.27. The summed E-state index contributed by atoms with van der Waals surface area (Å²) in [6.45, 7) is 0. The predicted octanol–water partition coefficient (Wildman–Crippen LogP) is 2.66. The quantitative estimate of drug-likeness (QED) is 0.768. The molecule has 0 aromatic carbocycles. The average molecular weight is 249 g/mol. The summed E-state index contributed by atoms with van der Waals surface area (Å²) in [5.41, 5.74) is 0.561. The molecule has 0 radical (unpaired) electrons. The number of anilines is 1. The molecule has 88 valence electrons. The molecule has 6 heteroatoms. The minimum absolute atomic E-state index is 0.304. The van der Waals surface area contributed by atoms with Crippen LogP contribution in [0, 0.1) is 0 Å². The maximum Gasteiger partial charge on any atom is 0.322 e. The summed E-state index contributed by atoms with van der Waals surface area (Å²) in [4.78, 5) is 16.6. The van der Waals surface area contributed by atoms with Gasteiger partial charge in [0.15, 0.2) is 0 Å². The molecule has 1 rings (SSSR count). The Hall–Kier alpha value is -1.23. The lowest BCUT2D eigenvalue weighted by molar-refractivity contribution is -0.119. The van der Waals surface area contributed by atoms with Crippen molar-refractivity contribution in [2.75, 3.05) is 11.9 Å². The van der Waals surface area contributed by atoms with Crippen molar-refractivity contribution in [3.05, 3.63) is 24.5 Å². The fourth-order valence-corrected chi connectivity index (χ4v) is 1.21. The van der Waals surface area contributed by atoms with Crippen molar-refractivity contribution in [2.24, 2.45) is 0 Å². The Bertz CT molecular complexity index is 354. The zero-order valence-electron chi connectivity index (χ0n) is 8.66. The van der Waals surface area contributed by atoms with Crippen molar-refractivity contribution in [1.82, 2.24) is 4.98 Å². The highest BCUT2D eigenvalue weighted by Gasteiger charge is 2.26. The molecule has 0 saturated heterocycles. The molecule has 1 aromatic rings. The van der Waals surface area contributed by atoms with E-state index in [2.05, 4.69) is 4.98 Å². The van der Waals surface area contributed by atoms with Crippen LogP contribution in [-0.2, 0) is 4.79 Å². The molecule has 0 aliphatic carbocycles. The van der Waals surface area contributed by atoms with Crippen LogP contribution in [0.3, 0.4) is 0 Å². The smallest absolute Gasteiger partial charge is 0.314 e. The summed E-state index contributed by atoms with van der Waals surface area (Å²) in [5, 5.41) is -3.33. The van der Waals surface area contributed by atoms with E-state index in [0.717, 1.165) is 0 Å². The Kier molecular flexibility index (Phi) is 4.18. The van der Waals surface area contributed by atoms with Gasteiger partial charge < -0.3 is 4.90 Å². The van der Waals surface area contributed by atoms with Crippen LogP contribution < -0.4 is 4.90 Å². The third-order valence-corrected chi connectivity index (χ3v) is 2.22. The maximum atomic E-state index is 12.3. The lowest BCUT2D eigenvalue weighted by Gasteiger charge is -2.17. The number of rotatable bonds is 4. The molecule has 1 heterocycles. The molecule has 3 nitrogen and oxygen atoms in total. The number of halogens is 3. The first kappa shape index (κ1) is 12.8. The molecule has 16 heavy (non-hydrogen) atoms. The van der Waals surface area contributed by atoms with Crippen molar-refractivity contribution in [2.45, 2.75) is 18.2 Å². The van der Waals surface area contributed by atoms with Gasteiger partial charge in [-0.2, -0.15) is 8.78 Å². The Morgan fingerprint density at radius 3 is 2.81 bits per heavy atom. The molecule has 0 unspecified atom stereocenters. The molecule has 0 fully saturated rings. The fraction of sp³-hybridized carbons (Fsp3) is 0.400. The minimum Gasteiger partial charge on any atom is -0.314 e. The molecular formula is C10H11ClF2N2O. The molecule has 0 N–H and O–H groups in total. The standard InChI is InChI=1S/C10H11ClF2N2O/c1-15(8-3-2-6-14-7-8)9(16)4-5-10(11,12)13/h2-3,6-7H,4-5H2,1H3. The fourth-order valence-electron chi connectivity index (χ4n) is 1.11. The number of hydrogen-bond donors (Lipinski definition) is 0. The van der Waals surface area contributed by atoms with Gasteiger partial charge in [0.25, 0.3) is 0 Å². The summed E-state index contributed by atoms with van der Waals surface area (Å²) in [7, 11) is 1.51. The lowest BCUT2D eigenvalue weighted by atomic mass is 10.2. The van der Waals surface area contributed by atoms with Crippen molar-refractivity contribution in [3.8, 4) is 0 Å². The Labute approximate surface area is 97.0 Å². The predicted molar refractivity (Wildman–Crippen MR) is 57.7 cm³/mol. The van der Waals surface area contributed by atoms with Crippen LogP contribution in [0.2, 0.25) is 0 Å². The van der Waals surface area contributed by atoms with E-state index in [4.69, 9.17) is 11.6 Å². The van der Waals surface area contributed by atoms with E-state index in [1.54, 1.807) is 18.3 Å². The molecule has 0 spiro atoms. The first-order valence-electron chi connectivity index (χ1n) is 4.63. The highest BCUT2D eigenvalue weighted by atomic mass is 35.5. The van der Waals surface area contributed by atoms with Crippen molar-refractivity contribution in [3.63, 3.8) is 0 Å². The van der Waals surface area contributed by atoms with Crippen molar-refractivity contribution < 1.29 is 13.6 Å². The van der Waals surface area contributed by atoms with Gasteiger partial charge >= 0.3 is 5.38 Å². The van der Waals surface area contributed by atoms with Crippen LogP contribution >= 0.6 is 11.6 Å². The van der Waals surface area contributed by atoms with Crippen LogP contribution in [-0.4, -0.2) is 23.3 Å². The van der Waals surface area contributed by atoms with Crippen molar-refractivity contribution >= 4 is 23.2 Å². The summed E-state index contributed by atoms with van der Waals surface area (Å²) >= 11 is 4.71. The minimum atomic E-state index is -3.33. The third-order valence-electron chi connectivity index (χ3n) is 2.03. The maximum absolute atomic E-state index is 12.3. The normalized spacial score (nSPS) is 11.2. The van der Waals surface area contributed by atoms with E-state index < -0.39 is 17.7 Å². The van der Waals surface area contributed by atoms with Crippen LogP contribution in [0.25, 0.3) is 0 Å². The highest BCUT2D eigenvalue weighted by Crippen LogP contribution is 2.25. The monoisotopic (exact) mass is 248 g/mol. The Balaban J connectivity index is 2.55. The van der Waals surface area contributed by atoms with Gasteiger partial charge in [-0.1, -0.05) is 0 Å². The van der Waals surface area contributed by atoms with Crippen molar-refractivity contribution in [1.29, 1.82) is 0 Å². The zero-order valence-corrected chi connectivity index (χ0v) is 9.42. The topological polar surface area (TPSA) is 33.2 Å². The highest BCUT2D eigenvalue weighted by molar-refractivity contribution is 6.21. The molecule has 0 atom stereocenters. The molecular weight excluding hydrogens is 238 g/mol. The number of pyridine rings is 1. The average Bonchev–Trinajstić information content (AvgIpc) is 2.25. The number of carbonyl (C=O) groups is 1. The zero-order chi connectivity index (χ0) is 12.2. The van der Waals surface area contributed by atoms with Crippen LogP contribution in [0.4, 0.5) is 14.5 Å². The SMILES string of the molecule is CN(C(=O)CCC(F)(F)Cl)c1cccnc1. The first-order valence-corrected chi connectivity index (χ1v) is 5.01. The number of carbonyl (C=O) groups excluding carboxylic acids is 1. The molecule has 0 saturated carbocycles. The summed E-state index contributed by atoms with van der Waals surface area (Å²) in [5.74, 6) is -0.423. The summed E-state index contributed by atoms with van der Waals surface area (Å²) < 4.78 is 24.7. The summed E-state index contributed by atoms with van der Waals surface area (Å²) in [6, 6.07) is 3.33. The molecule has 0 aliphatic heterocycles. The second-order valence-corrected chi connectivity index (χ2v) is 3.83. The number of aromatic nitrogens is 1. The van der Waals surface area contributed by atoms with Gasteiger partial charge in [0.2, 0.25) is 5.91 Å². The molecule has 1 amide bonds. The van der Waals surface area contributed by atoms with E-state index in [1.165, 1.54) is 18.1 Å². The van der Waals surface area contributed by atoms with Gasteiger partial charge in [0.05, 0.1) is 11.9 Å². The van der Waals surface area contributed by atoms with E-state index in [1.807, 2.05) is 0 Å². The van der Waals surface area contributed by atoms with Gasteiger partial charge in [-0.3, -0.25) is 9.78 Å².